The minimum absolute atomic E-state index is 0.00489. The summed E-state index contributed by atoms with van der Waals surface area (Å²) in [4.78, 5) is 25.0. The van der Waals surface area contributed by atoms with Gasteiger partial charge in [0.15, 0.2) is 18.1 Å². The van der Waals surface area contributed by atoms with Crippen LogP contribution in [0.5, 0.6) is 11.5 Å². The average Bonchev–Trinajstić information content (AvgIpc) is 2.83. The van der Waals surface area contributed by atoms with Crippen LogP contribution in [0.1, 0.15) is 26.7 Å². The number of allylic oxidation sites excluding steroid dienone is 1. The van der Waals surface area contributed by atoms with Crippen LogP contribution in [0.4, 0.5) is 0 Å². The highest BCUT2D eigenvalue weighted by atomic mass is 35.5. The number of unbranched alkanes of at least 4 members (excludes halogenated alkanes) is 1. The fourth-order valence-electron chi connectivity index (χ4n) is 3.10. The zero-order chi connectivity index (χ0) is 27.4. The summed E-state index contributed by atoms with van der Waals surface area (Å²) in [5, 5.41) is 5.69. The third-order valence-corrected chi connectivity index (χ3v) is 6.99. The van der Waals surface area contributed by atoms with Crippen LogP contribution < -0.4 is 24.8 Å². The molecule has 0 fully saturated rings. The lowest BCUT2D eigenvalue weighted by Gasteiger charge is -2.14. The second kappa shape index (κ2) is 14.8. The van der Waals surface area contributed by atoms with Crippen molar-refractivity contribution in [1.29, 1.82) is 0 Å². The molecule has 0 aliphatic rings. The molecule has 0 unspecified atom stereocenters. The number of ether oxygens (including phenoxy) is 2. The first-order valence-electron chi connectivity index (χ1n) is 11.5. The number of rotatable bonds is 14. The molecule has 3 N–H and O–H groups in total. The van der Waals surface area contributed by atoms with Crippen LogP contribution in [-0.2, 0) is 19.6 Å². The zero-order valence-electron chi connectivity index (χ0n) is 20.8. The van der Waals surface area contributed by atoms with Crippen LogP contribution in [-0.4, -0.2) is 47.0 Å². The Kier molecular flexibility index (Phi) is 12.2. The van der Waals surface area contributed by atoms with Gasteiger partial charge in [-0.25, -0.2) is 13.1 Å². The number of nitrogens with one attached hydrogen (secondary N) is 3. The van der Waals surface area contributed by atoms with E-state index in [1.807, 2.05) is 13.8 Å². The zero-order valence-corrected chi connectivity index (χ0v) is 23.2. The summed E-state index contributed by atoms with van der Waals surface area (Å²) in [6.45, 7) is 3.89. The maximum Gasteiger partial charge on any atom is 0.267 e. The summed E-state index contributed by atoms with van der Waals surface area (Å²) in [5.41, 5.74) is 0.113. The summed E-state index contributed by atoms with van der Waals surface area (Å²) in [5.74, 6) is -0.0427. The average molecular weight is 573 g/mol. The van der Waals surface area contributed by atoms with E-state index < -0.39 is 21.8 Å². The standard InChI is InChI=1S/C25H31Cl2N3O6S/c1-17(2)14-20(30-24(31)16-36-22-9-5-4-8-21(22)35-3)25(32)28-12-6-7-13-29-37(33,34)23-11-10-18(26)15-19(23)27/h4-5,8-11,14-15,17,29H,6-7,12-13,16H2,1-3H3,(H,28,32)(H,30,31)/b20-14+. The van der Waals surface area contributed by atoms with Crippen LogP contribution >= 0.6 is 23.2 Å². The van der Waals surface area contributed by atoms with E-state index in [1.54, 1.807) is 30.3 Å². The number of halogens is 2. The number of benzene rings is 2. The largest absolute Gasteiger partial charge is 0.493 e. The summed E-state index contributed by atoms with van der Waals surface area (Å²) in [6, 6.07) is 11.1. The van der Waals surface area contributed by atoms with E-state index in [0.29, 0.717) is 29.4 Å². The third kappa shape index (κ3) is 10.2. The smallest absolute Gasteiger partial charge is 0.267 e. The molecule has 0 aromatic heterocycles. The molecule has 0 atom stereocenters. The van der Waals surface area contributed by atoms with Crippen molar-refractivity contribution < 1.29 is 27.5 Å². The molecule has 12 heteroatoms. The van der Waals surface area contributed by atoms with Crippen molar-refractivity contribution in [1.82, 2.24) is 15.4 Å². The van der Waals surface area contributed by atoms with E-state index in [9.17, 15) is 18.0 Å². The number of methoxy groups -OCH3 is 1. The van der Waals surface area contributed by atoms with Gasteiger partial charge in [0.2, 0.25) is 10.0 Å². The second-order valence-corrected chi connectivity index (χ2v) is 10.8. The molecule has 0 saturated heterocycles. The molecule has 2 aromatic rings. The van der Waals surface area contributed by atoms with Crippen molar-refractivity contribution in [2.75, 3.05) is 26.8 Å². The molecule has 0 saturated carbocycles. The maximum absolute atomic E-state index is 12.6. The van der Waals surface area contributed by atoms with Crippen LogP contribution in [0.15, 0.2) is 59.1 Å². The van der Waals surface area contributed by atoms with Crippen molar-refractivity contribution in [2.45, 2.75) is 31.6 Å². The molecule has 0 bridgehead atoms. The predicted octanol–water partition coefficient (Wildman–Crippen LogP) is 3.91. The molecule has 9 nitrogen and oxygen atoms in total. The Bertz CT molecular complexity index is 1220. The van der Waals surface area contributed by atoms with E-state index in [0.717, 1.165) is 0 Å². The van der Waals surface area contributed by atoms with Gasteiger partial charge in [0, 0.05) is 18.1 Å². The van der Waals surface area contributed by atoms with Gasteiger partial charge >= 0.3 is 0 Å². The number of amides is 2. The van der Waals surface area contributed by atoms with Crippen LogP contribution in [0.25, 0.3) is 0 Å². The Labute approximate surface area is 227 Å². The van der Waals surface area contributed by atoms with E-state index >= 15 is 0 Å². The fourth-order valence-corrected chi connectivity index (χ4v) is 4.94. The van der Waals surface area contributed by atoms with Crippen molar-refractivity contribution in [3.8, 4) is 11.5 Å². The minimum atomic E-state index is -3.79. The van der Waals surface area contributed by atoms with Gasteiger partial charge in [-0.3, -0.25) is 9.59 Å². The summed E-state index contributed by atoms with van der Waals surface area (Å²) < 4.78 is 38.0. The molecule has 2 rings (SSSR count). The second-order valence-electron chi connectivity index (χ2n) is 8.25. The number of hydrogen-bond donors (Lipinski definition) is 3. The highest BCUT2D eigenvalue weighted by Crippen LogP contribution is 2.26. The lowest BCUT2D eigenvalue weighted by Crippen LogP contribution is -2.37. The van der Waals surface area contributed by atoms with E-state index in [2.05, 4.69) is 15.4 Å². The molecule has 2 amide bonds. The van der Waals surface area contributed by atoms with Gasteiger partial charge < -0.3 is 20.1 Å². The molecular formula is C25H31Cl2N3O6S. The molecule has 202 valence electrons. The van der Waals surface area contributed by atoms with Gasteiger partial charge in [0.1, 0.15) is 10.6 Å². The van der Waals surface area contributed by atoms with E-state index in [1.165, 1.54) is 25.3 Å². The van der Waals surface area contributed by atoms with Gasteiger partial charge in [0.25, 0.3) is 11.8 Å². The van der Waals surface area contributed by atoms with Crippen molar-refractivity contribution in [3.05, 3.63) is 64.3 Å². The van der Waals surface area contributed by atoms with Crippen molar-refractivity contribution in [2.24, 2.45) is 5.92 Å². The van der Waals surface area contributed by atoms with Gasteiger partial charge in [-0.05, 0) is 49.1 Å². The Morgan fingerprint density at radius 3 is 2.35 bits per heavy atom. The number of hydrogen-bond acceptors (Lipinski definition) is 6. The van der Waals surface area contributed by atoms with Gasteiger partial charge in [-0.15, -0.1) is 0 Å². The molecule has 2 aromatic carbocycles. The number of carbonyl (C=O) groups excluding carboxylic acids is 2. The normalized spacial score (nSPS) is 11.8. The van der Waals surface area contributed by atoms with Crippen molar-refractivity contribution >= 4 is 45.0 Å². The molecule has 0 aliphatic heterocycles. The quantitative estimate of drug-likeness (QED) is 0.233. The molecule has 0 radical (unpaired) electrons. The highest BCUT2D eigenvalue weighted by molar-refractivity contribution is 7.89. The SMILES string of the molecule is COc1ccccc1OCC(=O)N/C(=C/C(C)C)C(=O)NCCCCNS(=O)(=O)c1ccc(Cl)cc1Cl. The fraction of sp³-hybridized carbons (Fsp3) is 0.360. The predicted molar refractivity (Wildman–Crippen MR) is 143 cm³/mol. The Hall–Kier alpha value is -2.79. The van der Waals surface area contributed by atoms with E-state index in [4.69, 9.17) is 32.7 Å². The minimum Gasteiger partial charge on any atom is -0.493 e. The number of sulfonamides is 1. The Morgan fingerprint density at radius 1 is 1.03 bits per heavy atom. The molecule has 37 heavy (non-hydrogen) atoms. The summed E-state index contributed by atoms with van der Waals surface area (Å²) in [7, 11) is -2.29. The first-order valence-corrected chi connectivity index (χ1v) is 13.8. The Morgan fingerprint density at radius 2 is 1.70 bits per heavy atom. The topological polar surface area (TPSA) is 123 Å². The summed E-state index contributed by atoms with van der Waals surface area (Å²) in [6.07, 6.45) is 2.61. The van der Waals surface area contributed by atoms with Crippen LogP contribution in [0.2, 0.25) is 10.0 Å². The summed E-state index contributed by atoms with van der Waals surface area (Å²) >= 11 is 11.8. The lowest BCUT2D eigenvalue weighted by molar-refractivity contribution is -0.125. The first-order chi connectivity index (χ1) is 17.5. The first kappa shape index (κ1) is 30.4. The highest BCUT2D eigenvalue weighted by Gasteiger charge is 2.18. The number of para-hydroxylation sites is 2. The number of carbonyl (C=O) groups is 2. The molecular weight excluding hydrogens is 541 g/mol. The molecule has 0 aliphatic carbocycles. The van der Waals surface area contributed by atoms with Crippen LogP contribution in [0, 0.1) is 5.92 Å². The van der Waals surface area contributed by atoms with Crippen molar-refractivity contribution in [3.63, 3.8) is 0 Å². The Balaban J connectivity index is 1.80. The molecule has 0 heterocycles. The van der Waals surface area contributed by atoms with Gasteiger partial charge in [0.05, 0.1) is 12.1 Å². The van der Waals surface area contributed by atoms with E-state index in [-0.39, 0.29) is 41.2 Å². The monoisotopic (exact) mass is 571 g/mol. The lowest BCUT2D eigenvalue weighted by atomic mass is 10.1. The van der Waals surface area contributed by atoms with Gasteiger partial charge in [-0.1, -0.05) is 55.3 Å². The van der Waals surface area contributed by atoms with Gasteiger partial charge in [-0.2, -0.15) is 0 Å². The maximum atomic E-state index is 12.6. The van der Waals surface area contributed by atoms with Crippen LogP contribution in [0.3, 0.4) is 0 Å². The molecule has 0 spiro atoms. The third-order valence-electron chi connectivity index (χ3n) is 4.81.